The van der Waals surface area contributed by atoms with Crippen molar-refractivity contribution in [3.05, 3.63) is 0 Å². The van der Waals surface area contributed by atoms with Crippen LogP contribution in [0.25, 0.3) is 0 Å². The van der Waals surface area contributed by atoms with Crippen LogP contribution in [0.3, 0.4) is 0 Å². The maximum Gasteiger partial charge on any atom is 0.240 e. The third-order valence-corrected chi connectivity index (χ3v) is 3.37. The van der Waals surface area contributed by atoms with E-state index in [4.69, 9.17) is 0 Å². The number of hydrogen-bond donors (Lipinski definition) is 1. The molecule has 5 heteroatoms. The van der Waals surface area contributed by atoms with Crippen molar-refractivity contribution >= 4 is 30.1 Å². The standard InChI is InChI=1S/C8H14N2OS.ClH/c11-8(7-5-12-6-9-7)10-3-1-2-4-10;/h7,9H,1-6H2;1H/t7-;/m1./s1. The summed E-state index contributed by atoms with van der Waals surface area (Å²) in [4.78, 5) is 13.7. The average Bonchev–Trinajstić information content (AvgIpc) is 2.77. The number of carbonyl (C=O) groups excluding carboxylic acids is 1. The van der Waals surface area contributed by atoms with Gasteiger partial charge in [0.2, 0.25) is 5.91 Å². The Labute approximate surface area is 89.0 Å². The van der Waals surface area contributed by atoms with E-state index in [1.54, 1.807) is 0 Å². The van der Waals surface area contributed by atoms with Crippen LogP contribution < -0.4 is 5.32 Å². The van der Waals surface area contributed by atoms with Gasteiger partial charge >= 0.3 is 0 Å². The smallest absolute Gasteiger partial charge is 0.240 e. The van der Waals surface area contributed by atoms with Crippen molar-refractivity contribution in [1.82, 2.24) is 10.2 Å². The summed E-state index contributed by atoms with van der Waals surface area (Å²) >= 11 is 1.81. The first-order valence-electron chi connectivity index (χ1n) is 4.48. The summed E-state index contributed by atoms with van der Waals surface area (Å²) in [6.07, 6.45) is 2.37. The van der Waals surface area contributed by atoms with Gasteiger partial charge in [-0.1, -0.05) is 0 Å². The maximum atomic E-state index is 11.7. The molecule has 2 rings (SSSR count). The highest BCUT2D eigenvalue weighted by atomic mass is 35.5. The summed E-state index contributed by atoms with van der Waals surface area (Å²) in [6.45, 7) is 1.95. The van der Waals surface area contributed by atoms with E-state index in [2.05, 4.69) is 5.32 Å². The van der Waals surface area contributed by atoms with Crippen molar-refractivity contribution in [2.45, 2.75) is 18.9 Å². The minimum Gasteiger partial charge on any atom is -0.341 e. The van der Waals surface area contributed by atoms with Crippen molar-refractivity contribution in [2.24, 2.45) is 0 Å². The van der Waals surface area contributed by atoms with Gasteiger partial charge in [0.05, 0.1) is 6.04 Å². The van der Waals surface area contributed by atoms with Crippen LogP contribution >= 0.6 is 24.2 Å². The largest absolute Gasteiger partial charge is 0.341 e. The van der Waals surface area contributed by atoms with Crippen LogP contribution in [0.4, 0.5) is 0 Å². The van der Waals surface area contributed by atoms with Gasteiger partial charge in [-0.25, -0.2) is 0 Å². The van der Waals surface area contributed by atoms with E-state index in [9.17, 15) is 4.79 Å². The van der Waals surface area contributed by atoms with Crippen molar-refractivity contribution in [1.29, 1.82) is 0 Å². The number of amides is 1. The zero-order valence-electron chi connectivity index (χ0n) is 7.49. The summed E-state index contributed by atoms with van der Waals surface area (Å²) in [5.41, 5.74) is 0. The number of carbonyl (C=O) groups is 1. The molecule has 2 aliphatic rings. The van der Waals surface area contributed by atoms with Gasteiger partial charge < -0.3 is 4.90 Å². The number of rotatable bonds is 1. The van der Waals surface area contributed by atoms with Crippen LogP contribution in [0.2, 0.25) is 0 Å². The molecule has 2 saturated heterocycles. The number of halogens is 1. The van der Waals surface area contributed by atoms with Gasteiger partial charge in [-0.15, -0.1) is 24.2 Å². The summed E-state index contributed by atoms with van der Waals surface area (Å²) in [6, 6.07) is 0.105. The van der Waals surface area contributed by atoms with Crippen molar-refractivity contribution in [3.63, 3.8) is 0 Å². The highest BCUT2D eigenvalue weighted by molar-refractivity contribution is 7.99. The highest BCUT2D eigenvalue weighted by Crippen LogP contribution is 2.15. The second-order valence-electron chi connectivity index (χ2n) is 3.30. The normalized spacial score (nSPS) is 27.4. The van der Waals surface area contributed by atoms with Crippen LogP contribution in [0, 0.1) is 0 Å². The monoisotopic (exact) mass is 222 g/mol. The fourth-order valence-electron chi connectivity index (χ4n) is 1.71. The minimum absolute atomic E-state index is 0. The lowest BCUT2D eigenvalue weighted by Crippen LogP contribution is -2.43. The molecule has 0 bridgehead atoms. The zero-order valence-corrected chi connectivity index (χ0v) is 9.12. The molecule has 1 amide bonds. The van der Waals surface area contributed by atoms with Gasteiger partial charge in [0.15, 0.2) is 0 Å². The van der Waals surface area contributed by atoms with E-state index in [1.165, 1.54) is 12.8 Å². The fraction of sp³-hybridized carbons (Fsp3) is 0.875. The Bertz CT molecular complexity index is 161. The summed E-state index contributed by atoms with van der Waals surface area (Å²) < 4.78 is 0. The van der Waals surface area contributed by atoms with Crippen molar-refractivity contribution in [2.75, 3.05) is 24.7 Å². The van der Waals surface area contributed by atoms with E-state index in [0.717, 1.165) is 24.7 Å². The lowest BCUT2D eigenvalue weighted by Gasteiger charge is -2.19. The lowest BCUT2D eigenvalue weighted by atomic mass is 10.3. The first-order chi connectivity index (χ1) is 5.88. The van der Waals surface area contributed by atoms with E-state index in [0.29, 0.717) is 5.91 Å². The second kappa shape index (κ2) is 5.08. The molecule has 0 unspecified atom stereocenters. The Kier molecular flexibility index (Phi) is 4.35. The molecule has 13 heavy (non-hydrogen) atoms. The van der Waals surface area contributed by atoms with E-state index in [-0.39, 0.29) is 18.4 Å². The molecule has 2 fully saturated rings. The number of nitrogens with zero attached hydrogens (tertiary/aromatic N) is 1. The van der Waals surface area contributed by atoms with Crippen molar-refractivity contribution < 1.29 is 4.79 Å². The quantitative estimate of drug-likeness (QED) is 0.709. The SMILES string of the molecule is Cl.O=C([C@H]1CSCN1)N1CCCC1. The van der Waals surface area contributed by atoms with Gasteiger partial charge in [-0.2, -0.15) is 0 Å². The van der Waals surface area contributed by atoms with Gasteiger partial charge in [0.1, 0.15) is 0 Å². The lowest BCUT2D eigenvalue weighted by molar-refractivity contribution is -0.131. The second-order valence-corrected chi connectivity index (χ2v) is 4.33. The molecule has 1 N–H and O–H groups in total. The molecule has 1 atom stereocenters. The van der Waals surface area contributed by atoms with Gasteiger partial charge in [-0.05, 0) is 12.8 Å². The Morgan fingerprint density at radius 2 is 2.08 bits per heavy atom. The van der Waals surface area contributed by atoms with E-state index >= 15 is 0 Å². The first kappa shape index (κ1) is 11.1. The summed E-state index contributed by atoms with van der Waals surface area (Å²) in [7, 11) is 0. The number of hydrogen-bond acceptors (Lipinski definition) is 3. The number of likely N-dealkylation sites (tertiary alicyclic amines) is 1. The average molecular weight is 223 g/mol. The Hall–Kier alpha value is 0.0700. The molecule has 0 spiro atoms. The molecule has 76 valence electrons. The summed E-state index contributed by atoms with van der Waals surface area (Å²) in [5.74, 6) is 2.21. The molecule has 2 heterocycles. The van der Waals surface area contributed by atoms with Crippen LogP contribution in [0.15, 0.2) is 0 Å². The van der Waals surface area contributed by atoms with Crippen LogP contribution in [-0.4, -0.2) is 41.6 Å². The molecule has 0 radical (unpaired) electrons. The molecule has 0 aromatic rings. The summed E-state index contributed by atoms with van der Waals surface area (Å²) in [5, 5.41) is 3.20. The van der Waals surface area contributed by atoms with Crippen LogP contribution in [-0.2, 0) is 4.79 Å². The van der Waals surface area contributed by atoms with Gasteiger partial charge in [-0.3, -0.25) is 10.1 Å². The molecule has 3 nitrogen and oxygen atoms in total. The molecule has 0 aliphatic carbocycles. The zero-order chi connectivity index (χ0) is 8.39. The Balaban J connectivity index is 0.000000845. The molecule has 0 saturated carbocycles. The van der Waals surface area contributed by atoms with Gasteiger partial charge in [0, 0.05) is 24.7 Å². The highest BCUT2D eigenvalue weighted by Gasteiger charge is 2.28. The molecule has 0 aromatic heterocycles. The number of nitrogens with one attached hydrogen (secondary N) is 1. The van der Waals surface area contributed by atoms with Crippen LogP contribution in [0.1, 0.15) is 12.8 Å². The van der Waals surface area contributed by atoms with Gasteiger partial charge in [0.25, 0.3) is 0 Å². The topological polar surface area (TPSA) is 32.3 Å². The van der Waals surface area contributed by atoms with E-state index in [1.807, 2.05) is 16.7 Å². The third kappa shape index (κ3) is 2.51. The fourth-order valence-corrected chi connectivity index (χ4v) is 2.64. The predicted molar refractivity (Wildman–Crippen MR) is 57.3 cm³/mol. The predicted octanol–water partition coefficient (Wildman–Crippen LogP) is 0.693. The molecular formula is C8H15ClN2OS. The number of thioether (sulfide) groups is 1. The maximum absolute atomic E-state index is 11.7. The Morgan fingerprint density at radius 3 is 2.62 bits per heavy atom. The van der Waals surface area contributed by atoms with E-state index < -0.39 is 0 Å². The minimum atomic E-state index is 0. The Morgan fingerprint density at radius 1 is 1.38 bits per heavy atom. The van der Waals surface area contributed by atoms with Crippen molar-refractivity contribution in [3.8, 4) is 0 Å². The molecule has 2 aliphatic heterocycles. The molecule has 0 aromatic carbocycles. The first-order valence-corrected chi connectivity index (χ1v) is 5.63. The third-order valence-electron chi connectivity index (χ3n) is 2.43. The molecular weight excluding hydrogens is 208 g/mol. The van der Waals surface area contributed by atoms with Crippen LogP contribution in [0.5, 0.6) is 0 Å².